The van der Waals surface area contributed by atoms with Crippen molar-refractivity contribution in [2.45, 2.75) is 39.7 Å². The van der Waals surface area contributed by atoms with Gasteiger partial charge in [-0.25, -0.2) is 8.42 Å². The van der Waals surface area contributed by atoms with Gasteiger partial charge < -0.3 is 9.42 Å². The lowest BCUT2D eigenvalue weighted by atomic mass is 9.74. The van der Waals surface area contributed by atoms with Gasteiger partial charge in [-0.3, -0.25) is 4.21 Å². The molecular formula is C30H31Cl2N3O4S3. The normalized spacial score (nSPS) is 19.4. The number of hydrogen-bond acceptors (Lipinski definition) is 7. The van der Waals surface area contributed by atoms with Crippen molar-refractivity contribution in [1.29, 1.82) is 0 Å². The number of hydrogen-bond donors (Lipinski definition) is 0. The first kappa shape index (κ1) is 30.0. The Hall–Kier alpha value is -2.05. The van der Waals surface area contributed by atoms with E-state index < -0.39 is 20.8 Å². The second kappa shape index (κ2) is 12.1. The summed E-state index contributed by atoms with van der Waals surface area (Å²) < 4.78 is 46.6. The highest BCUT2D eigenvalue weighted by Gasteiger charge is 2.44. The Bertz CT molecular complexity index is 1700. The SMILES string of the molecule is CN(C[C@@H](CCN1CCC2(CC1)CS(=O)c1ccccc12)c1ccc(Cl)c(Cl)c1)S(=O)(=O)c1ccc(-c2ccon2)s1. The van der Waals surface area contributed by atoms with Crippen molar-refractivity contribution in [2.24, 2.45) is 0 Å². The van der Waals surface area contributed by atoms with Crippen molar-refractivity contribution in [3.8, 4) is 10.6 Å². The van der Waals surface area contributed by atoms with E-state index in [9.17, 15) is 12.6 Å². The predicted molar refractivity (Wildman–Crippen MR) is 169 cm³/mol. The maximum atomic E-state index is 13.6. The largest absolute Gasteiger partial charge is 0.364 e. The van der Waals surface area contributed by atoms with Gasteiger partial charge in [-0.05, 0) is 86.3 Å². The molecule has 4 heterocycles. The number of likely N-dealkylation sites (tertiary alicyclic amines) is 1. The molecule has 6 rings (SSSR count). The molecule has 0 saturated carbocycles. The number of sulfonamides is 1. The third kappa shape index (κ3) is 5.87. The van der Waals surface area contributed by atoms with Gasteiger partial charge in [0, 0.05) is 35.7 Å². The van der Waals surface area contributed by atoms with Crippen LogP contribution in [-0.4, -0.2) is 66.0 Å². The van der Waals surface area contributed by atoms with Crippen LogP contribution in [0.25, 0.3) is 10.6 Å². The van der Waals surface area contributed by atoms with Crippen LogP contribution in [0, 0.1) is 0 Å². The summed E-state index contributed by atoms with van der Waals surface area (Å²) in [6.07, 6.45) is 4.15. The molecule has 7 nitrogen and oxygen atoms in total. The summed E-state index contributed by atoms with van der Waals surface area (Å²) >= 11 is 13.8. The molecule has 0 bridgehead atoms. The summed E-state index contributed by atoms with van der Waals surface area (Å²) in [6.45, 7) is 2.93. The molecule has 0 amide bonds. The number of piperidine rings is 1. The van der Waals surface area contributed by atoms with Crippen LogP contribution in [0.3, 0.4) is 0 Å². The van der Waals surface area contributed by atoms with Crippen molar-refractivity contribution >= 4 is 55.4 Å². The van der Waals surface area contributed by atoms with Gasteiger partial charge in [-0.1, -0.05) is 52.6 Å². The molecule has 222 valence electrons. The van der Waals surface area contributed by atoms with E-state index >= 15 is 0 Å². The fraction of sp³-hybridized carbons (Fsp3) is 0.367. The Morgan fingerprint density at radius 1 is 1.10 bits per heavy atom. The molecule has 1 unspecified atom stereocenters. The summed E-state index contributed by atoms with van der Waals surface area (Å²) in [7, 11) is -3.04. The number of halogens is 2. The van der Waals surface area contributed by atoms with E-state index in [0.717, 1.165) is 54.2 Å². The Morgan fingerprint density at radius 2 is 1.88 bits per heavy atom. The quantitative estimate of drug-likeness (QED) is 0.199. The van der Waals surface area contributed by atoms with Gasteiger partial charge in [0.05, 0.1) is 25.7 Å². The molecule has 1 fully saturated rings. The molecule has 1 spiro atoms. The third-order valence-electron chi connectivity index (χ3n) is 8.55. The van der Waals surface area contributed by atoms with Gasteiger partial charge in [-0.15, -0.1) is 11.3 Å². The van der Waals surface area contributed by atoms with E-state index in [0.29, 0.717) is 28.0 Å². The highest BCUT2D eigenvalue weighted by molar-refractivity contribution is 7.91. The number of likely N-dealkylation sites (N-methyl/N-ethyl adjacent to an activating group) is 1. The maximum Gasteiger partial charge on any atom is 0.252 e. The van der Waals surface area contributed by atoms with E-state index in [1.165, 1.54) is 27.5 Å². The van der Waals surface area contributed by atoms with Crippen LogP contribution in [0.2, 0.25) is 10.0 Å². The monoisotopic (exact) mass is 663 g/mol. The molecule has 0 aliphatic carbocycles. The Balaban J connectivity index is 1.16. The number of fused-ring (bicyclic) bond motifs is 2. The van der Waals surface area contributed by atoms with Crippen molar-refractivity contribution in [1.82, 2.24) is 14.4 Å². The second-order valence-corrected chi connectivity index (χ2v) is 16.6. The molecule has 2 aromatic heterocycles. The van der Waals surface area contributed by atoms with Crippen LogP contribution in [0.5, 0.6) is 0 Å². The van der Waals surface area contributed by atoms with E-state index in [1.54, 1.807) is 31.3 Å². The summed E-state index contributed by atoms with van der Waals surface area (Å²) in [5.74, 6) is 0.612. The average molecular weight is 665 g/mol. The Morgan fingerprint density at radius 3 is 2.62 bits per heavy atom. The summed E-state index contributed by atoms with van der Waals surface area (Å²) in [4.78, 5) is 4.17. The third-order valence-corrected chi connectivity index (χ3v) is 14.3. The lowest BCUT2D eigenvalue weighted by molar-refractivity contribution is 0.165. The van der Waals surface area contributed by atoms with Crippen LogP contribution in [0.4, 0.5) is 0 Å². The maximum absolute atomic E-state index is 13.6. The second-order valence-electron chi connectivity index (χ2n) is 11.1. The van der Waals surface area contributed by atoms with Crippen LogP contribution in [0.15, 0.2) is 80.6 Å². The number of benzene rings is 2. The van der Waals surface area contributed by atoms with Crippen LogP contribution >= 0.6 is 34.5 Å². The van der Waals surface area contributed by atoms with Crippen LogP contribution < -0.4 is 0 Å². The predicted octanol–water partition coefficient (Wildman–Crippen LogP) is 6.66. The number of nitrogens with zero attached hydrogens (tertiary/aromatic N) is 3. The van der Waals surface area contributed by atoms with Gasteiger partial charge >= 0.3 is 0 Å². The van der Waals surface area contributed by atoms with Gasteiger partial charge in [-0.2, -0.15) is 4.31 Å². The first-order chi connectivity index (χ1) is 20.2. The fourth-order valence-corrected chi connectivity index (χ4v) is 11.0. The van der Waals surface area contributed by atoms with Gasteiger partial charge in [0.2, 0.25) is 0 Å². The van der Waals surface area contributed by atoms with Gasteiger partial charge in [0.25, 0.3) is 10.0 Å². The molecule has 2 atom stereocenters. The van der Waals surface area contributed by atoms with E-state index in [2.05, 4.69) is 16.1 Å². The molecular weight excluding hydrogens is 633 g/mol. The molecule has 2 aliphatic rings. The molecule has 2 aliphatic heterocycles. The minimum absolute atomic E-state index is 0.0130. The molecule has 0 N–H and O–H groups in total. The van der Waals surface area contributed by atoms with Crippen molar-refractivity contribution in [3.63, 3.8) is 0 Å². The molecule has 0 radical (unpaired) electrons. The van der Waals surface area contributed by atoms with Gasteiger partial charge in [0.1, 0.15) is 16.2 Å². The summed E-state index contributed by atoms with van der Waals surface area (Å²) in [5.41, 5.74) is 2.80. The standard InChI is InChI=1S/C30H31Cl2N3O4S3/c1-34(42(37,38)29-9-8-27(40-29)26-11-17-39-33-26)19-22(21-6-7-24(31)25(32)18-21)10-14-35-15-12-30(13-16-35)20-41(36)28-5-3-2-4-23(28)30/h2-9,11,17-18,22H,10,12-16,19-20H2,1H3/t22-,41?/m1/s1. The zero-order valence-corrected chi connectivity index (χ0v) is 27.0. The lowest BCUT2D eigenvalue weighted by Gasteiger charge is -2.40. The molecule has 1 saturated heterocycles. The fourth-order valence-electron chi connectivity index (χ4n) is 6.09. The van der Waals surface area contributed by atoms with Crippen LogP contribution in [-0.2, 0) is 26.2 Å². The summed E-state index contributed by atoms with van der Waals surface area (Å²) in [5, 5.41) is 4.84. The van der Waals surface area contributed by atoms with Crippen molar-refractivity contribution < 1.29 is 17.1 Å². The highest BCUT2D eigenvalue weighted by atomic mass is 35.5. The lowest BCUT2D eigenvalue weighted by Crippen LogP contribution is -2.44. The highest BCUT2D eigenvalue weighted by Crippen LogP contribution is 2.45. The first-order valence-corrected chi connectivity index (χ1v) is 18.1. The Labute approximate surface area is 262 Å². The van der Waals surface area contributed by atoms with Crippen molar-refractivity contribution in [2.75, 3.05) is 39.0 Å². The average Bonchev–Trinajstić information content (AvgIpc) is 3.75. The minimum atomic E-state index is -3.73. The Kier molecular flexibility index (Phi) is 8.68. The molecule has 2 aromatic carbocycles. The zero-order valence-electron chi connectivity index (χ0n) is 23.0. The molecule has 4 aromatic rings. The number of thiophene rings is 1. The van der Waals surface area contributed by atoms with Crippen molar-refractivity contribution in [3.05, 3.63) is 88.1 Å². The smallest absolute Gasteiger partial charge is 0.252 e. The van der Waals surface area contributed by atoms with E-state index in [4.69, 9.17) is 27.7 Å². The first-order valence-electron chi connectivity index (χ1n) is 13.8. The van der Waals surface area contributed by atoms with Crippen LogP contribution in [0.1, 0.15) is 36.3 Å². The molecule has 42 heavy (non-hydrogen) atoms. The van der Waals surface area contributed by atoms with Gasteiger partial charge in [0.15, 0.2) is 0 Å². The number of rotatable bonds is 9. The van der Waals surface area contributed by atoms with E-state index in [-0.39, 0.29) is 15.5 Å². The summed E-state index contributed by atoms with van der Waals surface area (Å²) in [6, 6.07) is 18.8. The molecule has 12 heteroatoms. The number of aromatic nitrogens is 1. The minimum Gasteiger partial charge on any atom is -0.364 e. The zero-order chi connectivity index (χ0) is 29.5. The topological polar surface area (TPSA) is 83.7 Å². The van der Waals surface area contributed by atoms with E-state index in [1.807, 2.05) is 30.3 Å².